The quantitative estimate of drug-likeness (QED) is 0.288. The number of nitrogens with one attached hydrogen (secondary N) is 1. The van der Waals surface area contributed by atoms with Gasteiger partial charge in [0.15, 0.2) is 5.75 Å². The van der Waals surface area contributed by atoms with Gasteiger partial charge in [-0.05, 0) is 98.1 Å². The van der Waals surface area contributed by atoms with Crippen molar-refractivity contribution in [2.45, 2.75) is 31.7 Å². The van der Waals surface area contributed by atoms with E-state index in [-0.39, 0.29) is 5.75 Å². The van der Waals surface area contributed by atoms with Gasteiger partial charge in [0, 0.05) is 16.1 Å². The van der Waals surface area contributed by atoms with Gasteiger partial charge < -0.3 is 24.6 Å². The van der Waals surface area contributed by atoms with Crippen molar-refractivity contribution in [1.29, 1.82) is 0 Å². The maximum atomic E-state index is 9.98. The van der Waals surface area contributed by atoms with E-state index < -0.39 is 0 Å². The zero-order valence-electron chi connectivity index (χ0n) is 19.3. The van der Waals surface area contributed by atoms with Gasteiger partial charge in [0.1, 0.15) is 23.0 Å². The molecule has 0 amide bonds. The van der Waals surface area contributed by atoms with E-state index in [9.17, 15) is 5.11 Å². The summed E-state index contributed by atoms with van der Waals surface area (Å²) < 4.78 is 18.6. The Bertz CT molecular complexity index is 1230. The van der Waals surface area contributed by atoms with Crippen molar-refractivity contribution in [3.05, 3.63) is 66.7 Å². The van der Waals surface area contributed by atoms with Crippen LogP contribution in [0.15, 0.2) is 66.7 Å². The van der Waals surface area contributed by atoms with Crippen LogP contribution in [0.1, 0.15) is 25.7 Å². The number of rotatable bonds is 8. The highest BCUT2D eigenvalue weighted by Crippen LogP contribution is 2.47. The molecule has 0 aliphatic carbocycles. The summed E-state index contributed by atoms with van der Waals surface area (Å²) in [5.74, 6) is 3.41. The van der Waals surface area contributed by atoms with Gasteiger partial charge in [-0.3, -0.25) is 0 Å². The lowest BCUT2D eigenvalue weighted by Gasteiger charge is -2.23. The van der Waals surface area contributed by atoms with Crippen LogP contribution in [0.3, 0.4) is 0 Å². The molecule has 1 aliphatic rings. The Morgan fingerprint density at radius 3 is 2.44 bits per heavy atom. The van der Waals surface area contributed by atoms with Gasteiger partial charge in [-0.2, -0.15) is 0 Å². The molecule has 0 bridgehead atoms. The van der Waals surface area contributed by atoms with Crippen molar-refractivity contribution in [3.63, 3.8) is 0 Å². The molecule has 176 valence electrons. The standard InChI is InChI=1S/C28H29NO4S/c1-31-22-8-5-19(6-9-22)28-27(25-14-7-21(30)18-26(25)34-28)33-24-12-10-23(11-13-24)32-17-15-20-4-2-3-16-29-20/h5-14,18,20,29-30H,2-4,15-17H2,1H3. The number of piperidine rings is 1. The van der Waals surface area contributed by atoms with Crippen LogP contribution in [0.4, 0.5) is 0 Å². The van der Waals surface area contributed by atoms with Crippen molar-refractivity contribution in [1.82, 2.24) is 5.32 Å². The van der Waals surface area contributed by atoms with Crippen molar-refractivity contribution in [2.24, 2.45) is 0 Å². The molecule has 4 aromatic rings. The van der Waals surface area contributed by atoms with Gasteiger partial charge in [0.25, 0.3) is 0 Å². The molecular formula is C28H29NO4S. The predicted octanol–water partition coefficient (Wildman–Crippen LogP) is 6.99. The third kappa shape index (κ3) is 5.13. The largest absolute Gasteiger partial charge is 0.508 e. The Hall–Kier alpha value is -3.22. The molecule has 1 unspecified atom stereocenters. The third-order valence-corrected chi connectivity index (χ3v) is 7.35. The van der Waals surface area contributed by atoms with Crippen LogP contribution < -0.4 is 19.5 Å². The summed E-state index contributed by atoms with van der Waals surface area (Å²) in [5, 5.41) is 14.5. The van der Waals surface area contributed by atoms with E-state index in [1.165, 1.54) is 19.3 Å². The Balaban J connectivity index is 1.34. The Morgan fingerprint density at radius 2 is 1.71 bits per heavy atom. The summed E-state index contributed by atoms with van der Waals surface area (Å²) in [4.78, 5) is 1.00. The Kier molecular flexibility index (Phi) is 6.88. The van der Waals surface area contributed by atoms with E-state index in [1.54, 1.807) is 30.6 Å². The summed E-state index contributed by atoms with van der Waals surface area (Å²) in [7, 11) is 1.66. The number of aromatic hydroxyl groups is 1. The molecule has 5 nitrogen and oxygen atoms in total. The lowest BCUT2D eigenvalue weighted by molar-refractivity contribution is 0.268. The summed E-state index contributed by atoms with van der Waals surface area (Å²) in [6.45, 7) is 1.82. The first-order valence-electron chi connectivity index (χ1n) is 11.7. The van der Waals surface area contributed by atoms with Crippen LogP contribution in [-0.2, 0) is 0 Å². The molecular weight excluding hydrogens is 446 g/mol. The Morgan fingerprint density at radius 1 is 0.941 bits per heavy atom. The fourth-order valence-corrected chi connectivity index (χ4v) is 5.48. The van der Waals surface area contributed by atoms with Crippen LogP contribution in [-0.4, -0.2) is 31.4 Å². The number of ether oxygens (including phenoxy) is 3. The minimum atomic E-state index is 0.242. The highest BCUT2D eigenvalue weighted by molar-refractivity contribution is 7.22. The lowest BCUT2D eigenvalue weighted by Crippen LogP contribution is -2.35. The molecule has 1 aromatic heterocycles. The van der Waals surface area contributed by atoms with E-state index >= 15 is 0 Å². The zero-order valence-corrected chi connectivity index (χ0v) is 20.1. The summed E-state index contributed by atoms with van der Waals surface area (Å²) in [5.41, 5.74) is 1.03. The summed E-state index contributed by atoms with van der Waals surface area (Å²) >= 11 is 1.60. The molecule has 1 fully saturated rings. The first-order chi connectivity index (χ1) is 16.7. The zero-order chi connectivity index (χ0) is 23.3. The maximum Gasteiger partial charge on any atom is 0.153 e. The average molecular weight is 476 g/mol. The van der Waals surface area contributed by atoms with Gasteiger partial charge in [-0.15, -0.1) is 11.3 Å². The van der Waals surface area contributed by atoms with Crippen LogP contribution in [0.25, 0.3) is 20.5 Å². The molecule has 2 N–H and O–H groups in total. The van der Waals surface area contributed by atoms with Crippen LogP contribution in [0.5, 0.6) is 28.7 Å². The van der Waals surface area contributed by atoms with E-state index in [0.29, 0.717) is 12.6 Å². The van der Waals surface area contributed by atoms with Crippen LogP contribution >= 0.6 is 11.3 Å². The smallest absolute Gasteiger partial charge is 0.153 e. The van der Waals surface area contributed by atoms with Gasteiger partial charge in [0.05, 0.1) is 18.6 Å². The number of hydrogen-bond acceptors (Lipinski definition) is 6. The first-order valence-corrected chi connectivity index (χ1v) is 12.6. The topological polar surface area (TPSA) is 60.0 Å². The van der Waals surface area contributed by atoms with E-state index in [1.807, 2.05) is 54.6 Å². The first kappa shape index (κ1) is 22.6. The number of thiophene rings is 1. The molecule has 6 heteroatoms. The number of phenols is 1. The molecule has 0 radical (unpaired) electrons. The second kappa shape index (κ2) is 10.4. The fraction of sp³-hybridized carbons (Fsp3) is 0.286. The highest BCUT2D eigenvalue weighted by atomic mass is 32.1. The summed E-state index contributed by atoms with van der Waals surface area (Å²) in [6, 6.07) is 21.7. The molecule has 34 heavy (non-hydrogen) atoms. The molecule has 1 aliphatic heterocycles. The van der Waals surface area contributed by atoms with Gasteiger partial charge in [0.2, 0.25) is 0 Å². The lowest BCUT2D eigenvalue weighted by atomic mass is 10.0. The SMILES string of the molecule is COc1ccc(-c2sc3cc(O)ccc3c2Oc2ccc(OCCC3CCCCN3)cc2)cc1. The molecule has 2 heterocycles. The third-order valence-electron chi connectivity index (χ3n) is 6.17. The van der Waals surface area contributed by atoms with E-state index in [4.69, 9.17) is 14.2 Å². The van der Waals surface area contributed by atoms with Gasteiger partial charge in [-0.1, -0.05) is 6.42 Å². The second-order valence-electron chi connectivity index (χ2n) is 8.53. The predicted molar refractivity (Wildman–Crippen MR) is 138 cm³/mol. The maximum absolute atomic E-state index is 9.98. The minimum Gasteiger partial charge on any atom is -0.508 e. The monoisotopic (exact) mass is 475 g/mol. The van der Waals surface area contributed by atoms with Gasteiger partial charge in [-0.25, -0.2) is 0 Å². The van der Waals surface area contributed by atoms with Crippen molar-refractivity contribution < 1.29 is 19.3 Å². The molecule has 1 atom stereocenters. The molecule has 1 saturated heterocycles. The number of methoxy groups -OCH3 is 1. The molecule has 3 aromatic carbocycles. The second-order valence-corrected chi connectivity index (χ2v) is 9.58. The number of phenolic OH excluding ortho intramolecular Hbond substituents is 1. The normalized spacial score (nSPS) is 15.9. The van der Waals surface area contributed by atoms with Crippen molar-refractivity contribution >= 4 is 21.4 Å². The number of benzene rings is 3. The number of hydrogen-bond donors (Lipinski definition) is 2. The van der Waals surface area contributed by atoms with Crippen LogP contribution in [0.2, 0.25) is 0 Å². The fourth-order valence-electron chi connectivity index (χ4n) is 4.31. The van der Waals surface area contributed by atoms with Crippen molar-refractivity contribution in [3.8, 4) is 39.2 Å². The molecule has 5 rings (SSSR count). The van der Waals surface area contributed by atoms with Crippen LogP contribution in [0, 0.1) is 0 Å². The highest BCUT2D eigenvalue weighted by Gasteiger charge is 2.17. The van der Waals surface area contributed by atoms with E-state index in [2.05, 4.69) is 5.32 Å². The molecule has 0 spiro atoms. The molecule has 0 saturated carbocycles. The number of fused-ring (bicyclic) bond motifs is 1. The van der Waals surface area contributed by atoms with E-state index in [0.717, 1.165) is 56.5 Å². The Labute approximate surface area is 203 Å². The minimum absolute atomic E-state index is 0.242. The van der Waals surface area contributed by atoms with Gasteiger partial charge >= 0.3 is 0 Å². The van der Waals surface area contributed by atoms with Crippen molar-refractivity contribution in [2.75, 3.05) is 20.3 Å². The summed E-state index contributed by atoms with van der Waals surface area (Å²) in [6.07, 6.45) is 4.84. The average Bonchev–Trinajstić information content (AvgIpc) is 3.23.